The first-order valence-corrected chi connectivity index (χ1v) is 11.6. The van der Waals surface area contributed by atoms with Crippen molar-refractivity contribution in [3.8, 4) is 0 Å². The highest BCUT2D eigenvalue weighted by Gasteiger charge is 2.34. The maximum Gasteiger partial charge on any atom is 0.528 e. The van der Waals surface area contributed by atoms with E-state index < -0.39 is 11.8 Å². The van der Waals surface area contributed by atoms with Gasteiger partial charge < -0.3 is 14.3 Å². The van der Waals surface area contributed by atoms with E-state index in [9.17, 15) is 4.79 Å². The number of carbonyl (C=O) groups excluding carboxylic acids is 1. The third kappa shape index (κ3) is 6.22. The van der Waals surface area contributed by atoms with Crippen molar-refractivity contribution in [2.24, 2.45) is 0 Å². The molecular weight excluding hydrogens is 428 g/mol. The molecule has 1 fully saturated rings. The number of piperidine rings is 1. The van der Waals surface area contributed by atoms with Crippen LogP contribution in [0, 0.1) is 0 Å². The summed E-state index contributed by atoms with van der Waals surface area (Å²) in [6, 6.07) is 18.7. The molecule has 1 saturated heterocycles. The zero-order chi connectivity index (χ0) is 24.1. The largest absolute Gasteiger partial charge is 0.528 e. The summed E-state index contributed by atoms with van der Waals surface area (Å²) in [5.74, 6) is 0.130. The average Bonchev–Trinajstić information content (AvgIpc) is 2.81. The lowest BCUT2D eigenvalue weighted by atomic mass is 9.88. The molecule has 0 radical (unpaired) electrons. The second-order valence-corrected chi connectivity index (χ2v) is 9.59. The number of hydrogen-bond donors (Lipinski definition) is 0. The summed E-state index contributed by atoms with van der Waals surface area (Å²) in [6.07, 6.45) is 3.50. The van der Waals surface area contributed by atoms with Crippen molar-refractivity contribution in [2.75, 3.05) is 13.1 Å². The predicted octanol–water partition coefficient (Wildman–Crippen LogP) is 6.12. The fraction of sp³-hybridized carbons (Fsp3) is 0.357. The molecule has 34 heavy (non-hydrogen) atoms. The van der Waals surface area contributed by atoms with E-state index in [-0.39, 0.29) is 12.0 Å². The zero-order valence-corrected chi connectivity index (χ0v) is 20.1. The molecule has 1 aliphatic heterocycles. The van der Waals surface area contributed by atoms with E-state index in [1.54, 1.807) is 11.1 Å². The summed E-state index contributed by atoms with van der Waals surface area (Å²) < 4.78 is 11.8. The Morgan fingerprint density at radius 2 is 1.94 bits per heavy atom. The number of fused-ring (bicyclic) bond motifs is 1. The van der Waals surface area contributed by atoms with E-state index in [0.29, 0.717) is 19.7 Å². The minimum absolute atomic E-state index is 0.130. The Balaban J connectivity index is 1.49. The lowest BCUT2D eigenvalue weighted by Crippen LogP contribution is -2.45. The topological polar surface area (TPSA) is 60.9 Å². The van der Waals surface area contributed by atoms with Crippen LogP contribution < -0.4 is 0 Å². The summed E-state index contributed by atoms with van der Waals surface area (Å²) in [4.78, 5) is 22.2. The Morgan fingerprint density at radius 1 is 1.15 bits per heavy atom. The third-order valence-corrected chi connectivity index (χ3v) is 5.84. The second-order valence-electron chi connectivity index (χ2n) is 9.59. The number of carbonyl (C=O) groups is 1. The van der Waals surface area contributed by atoms with Crippen LogP contribution in [0.25, 0.3) is 16.8 Å². The Morgan fingerprint density at radius 3 is 2.65 bits per heavy atom. The highest BCUT2D eigenvalue weighted by Crippen LogP contribution is 2.31. The smallest absolute Gasteiger partial charge is 0.427 e. The highest BCUT2D eigenvalue weighted by molar-refractivity contribution is 5.82. The van der Waals surface area contributed by atoms with E-state index in [0.717, 1.165) is 23.2 Å². The van der Waals surface area contributed by atoms with Crippen LogP contribution in [0.4, 0.5) is 4.79 Å². The Kier molecular flexibility index (Phi) is 7.29. The van der Waals surface area contributed by atoms with Crippen molar-refractivity contribution in [1.82, 2.24) is 10.0 Å². The third-order valence-electron chi connectivity index (χ3n) is 5.84. The normalized spacial score (nSPS) is 19.0. The van der Waals surface area contributed by atoms with Gasteiger partial charge in [0, 0.05) is 18.7 Å². The number of nitrogens with zero attached hydrogens (tertiary/aromatic N) is 2. The van der Waals surface area contributed by atoms with Gasteiger partial charge in [-0.1, -0.05) is 49.0 Å². The van der Waals surface area contributed by atoms with Crippen LogP contribution in [-0.4, -0.2) is 41.0 Å². The quantitative estimate of drug-likeness (QED) is 0.413. The monoisotopic (exact) mass is 460 g/mol. The Bertz CT molecular complexity index is 1140. The maximum absolute atomic E-state index is 12.2. The summed E-state index contributed by atoms with van der Waals surface area (Å²) in [6.45, 7) is 10.7. The van der Waals surface area contributed by atoms with Crippen molar-refractivity contribution >= 4 is 23.0 Å². The van der Waals surface area contributed by atoms with Crippen LogP contribution in [0.2, 0.25) is 0 Å². The summed E-state index contributed by atoms with van der Waals surface area (Å²) >= 11 is 0. The average molecular weight is 461 g/mol. The van der Waals surface area contributed by atoms with Gasteiger partial charge in [-0.25, -0.2) is 4.79 Å². The molecule has 1 aromatic heterocycles. The van der Waals surface area contributed by atoms with Crippen molar-refractivity contribution in [1.29, 1.82) is 0 Å². The zero-order valence-electron chi connectivity index (χ0n) is 20.1. The minimum atomic E-state index is -0.698. The molecule has 2 heterocycles. The van der Waals surface area contributed by atoms with Crippen molar-refractivity contribution in [2.45, 2.75) is 51.4 Å². The van der Waals surface area contributed by atoms with Gasteiger partial charge in [-0.3, -0.25) is 4.98 Å². The molecule has 1 aliphatic rings. The number of benzene rings is 2. The molecule has 0 spiro atoms. The molecule has 0 bridgehead atoms. The summed E-state index contributed by atoms with van der Waals surface area (Å²) in [5, 5.41) is 4.02. The number of aromatic nitrogens is 1. The van der Waals surface area contributed by atoms with Crippen LogP contribution >= 0.6 is 0 Å². The van der Waals surface area contributed by atoms with Gasteiger partial charge in [-0.2, -0.15) is 0 Å². The lowest BCUT2D eigenvalue weighted by Gasteiger charge is -2.37. The van der Waals surface area contributed by atoms with E-state index >= 15 is 0 Å². The summed E-state index contributed by atoms with van der Waals surface area (Å²) in [7, 11) is 0. The molecule has 6 heteroatoms. The van der Waals surface area contributed by atoms with E-state index in [1.165, 1.54) is 10.8 Å². The molecule has 0 amide bonds. The van der Waals surface area contributed by atoms with Gasteiger partial charge in [0.15, 0.2) is 0 Å². The number of ether oxygens (including phenoxy) is 2. The molecule has 178 valence electrons. The fourth-order valence-electron chi connectivity index (χ4n) is 4.18. The lowest BCUT2D eigenvalue weighted by molar-refractivity contribution is -0.179. The van der Waals surface area contributed by atoms with E-state index in [2.05, 4.69) is 48.0 Å². The van der Waals surface area contributed by atoms with Gasteiger partial charge in [0.2, 0.25) is 0 Å². The van der Waals surface area contributed by atoms with Crippen LogP contribution in [-0.2, 0) is 20.9 Å². The molecule has 2 atom stereocenters. The van der Waals surface area contributed by atoms with Gasteiger partial charge in [0.05, 0.1) is 24.9 Å². The van der Waals surface area contributed by atoms with Crippen molar-refractivity contribution in [3.05, 3.63) is 84.2 Å². The van der Waals surface area contributed by atoms with Gasteiger partial charge in [0.25, 0.3) is 0 Å². The molecule has 2 unspecified atom stereocenters. The molecule has 3 aromatic rings. The van der Waals surface area contributed by atoms with Gasteiger partial charge >= 0.3 is 6.16 Å². The molecule has 2 aromatic carbocycles. The van der Waals surface area contributed by atoms with Crippen LogP contribution in [0.3, 0.4) is 0 Å². The number of pyridine rings is 1. The van der Waals surface area contributed by atoms with Gasteiger partial charge in [-0.15, -0.1) is 5.06 Å². The van der Waals surface area contributed by atoms with E-state index in [1.807, 2.05) is 45.2 Å². The van der Waals surface area contributed by atoms with Crippen molar-refractivity contribution < 1.29 is 19.1 Å². The minimum Gasteiger partial charge on any atom is -0.427 e. The number of rotatable bonds is 6. The first-order valence-electron chi connectivity index (χ1n) is 11.6. The number of hydroxylamine groups is 2. The molecule has 0 aliphatic carbocycles. The van der Waals surface area contributed by atoms with Gasteiger partial charge in [0.1, 0.15) is 5.60 Å². The van der Waals surface area contributed by atoms with Crippen LogP contribution in [0.15, 0.2) is 67.4 Å². The molecular formula is C28H32N2O4. The van der Waals surface area contributed by atoms with Crippen LogP contribution in [0.5, 0.6) is 0 Å². The highest BCUT2D eigenvalue weighted by atomic mass is 16.8. The SMILES string of the molecule is C=Cc1ccc(C2CCN(OC(=O)OC(C)(C)C)CC2OCc2ccc3ccccc3c2)cn1. The molecule has 4 rings (SSSR count). The Hall–Kier alpha value is -3.22. The van der Waals surface area contributed by atoms with Gasteiger partial charge in [-0.05, 0) is 67.3 Å². The standard InChI is InChI=1S/C28H32N2O4/c1-5-24-13-12-23(17-29-24)25-14-15-30(34-27(31)33-28(2,3)4)18-26(25)32-19-20-10-11-21-8-6-7-9-22(21)16-20/h5-13,16-17,25-26H,1,14-15,18-19H2,2-4H3. The second kappa shape index (κ2) is 10.4. The van der Waals surface area contributed by atoms with Crippen molar-refractivity contribution in [3.63, 3.8) is 0 Å². The van der Waals surface area contributed by atoms with Crippen LogP contribution in [0.1, 0.15) is 49.9 Å². The molecule has 6 nitrogen and oxygen atoms in total. The Labute approximate surface area is 201 Å². The molecule has 0 N–H and O–H groups in total. The predicted molar refractivity (Wildman–Crippen MR) is 133 cm³/mol. The summed E-state index contributed by atoms with van der Waals surface area (Å²) in [5.41, 5.74) is 2.43. The maximum atomic E-state index is 12.2. The fourth-order valence-corrected chi connectivity index (χ4v) is 4.18. The first kappa shape index (κ1) is 23.9. The first-order chi connectivity index (χ1) is 16.3. The van der Waals surface area contributed by atoms with E-state index in [4.69, 9.17) is 14.3 Å². The molecule has 0 saturated carbocycles. The number of hydrogen-bond acceptors (Lipinski definition) is 6.